The summed E-state index contributed by atoms with van der Waals surface area (Å²) in [6.07, 6.45) is 1.37. The summed E-state index contributed by atoms with van der Waals surface area (Å²) < 4.78 is 1.55. The van der Waals surface area contributed by atoms with Crippen LogP contribution in [0.3, 0.4) is 0 Å². The lowest BCUT2D eigenvalue weighted by atomic mass is 9.97. The molecule has 102 valence electrons. The highest BCUT2D eigenvalue weighted by atomic mass is 79.9. The number of carbonyl (C=O) groups excluding carboxylic acids is 1. The Bertz CT molecular complexity index is 519. The summed E-state index contributed by atoms with van der Waals surface area (Å²) in [5.41, 5.74) is 0.556. The van der Waals surface area contributed by atoms with E-state index >= 15 is 0 Å². The molecule has 1 aliphatic rings. The maximum Gasteiger partial charge on any atom is 0.308 e. The van der Waals surface area contributed by atoms with Crippen molar-refractivity contribution in [3.05, 3.63) is 32.7 Å². The molecule has 19 heavy (non-hydrogen) atoms. The van der Waals surface area contributed by atoms with Crippen LogP contribution in [0, 0.1) is 5.92 Å². The van der Waals surface area contributed by atoms with Crippen molar-refractivity contribution in [2.45, 2.75) is 12.8 Å². The highest BCUT2D eigenvalue weighted by molar-refractivity contribution is 9.11. The fourth-order valence-corrected chi connectivity index (χ4v) is 2.97. The highest BCUT2D eigenvalue weighted by Gasteiger charge is 2.29. The molecule has 1 fully saturated rings. The first-order valence-corrected chi connectivity index (χ1v) is 7.55. The molecule has 0 unspecified atom stereocenters. The van der Waals surface area contributed by atoms with Gasteiger partial charge in [-0.05, 0) is 47.0 Å². The number of aliphatic carboxylic acids is 1. The van der Waals surface area contributed by atoms with Gasteiger partial charge in [-0.15, -0.1) is 0 Å². The number of carboxylic acid groups (broad SMARTS) is 1. The number of benzene rings is 1. The standard InChI is InChI=1S/C13H13Br2NO3/c14-9-3-4-11(15)10(6-9)12(17)16-5-1-2-8(7-16)13(18)19/h3-4,6,8H,1-2,5,7H2,(H,18,19)/t8-/m1/s1. The second-order valence-corrected chi connectivity index (χ2v) is 6.32. The Balaban J connectivity index is 2.19. The van der Waals surface area contributed by atoms with E-state index in [-0.39, 0.29) is 12.5 Å². The van der Waals surface area contributed by atoms with Crippen molar-refractivity contribution in [1.29, 1.82) is 0 Å². The molecule has 1 aliphatic heterocycles. The van der Waals surface area contributed by atoms with Gasteiger partial charge in [0.1, 0.15) is 0 Å². The zero-order valence-electron chi connectivity index (χ0n) is 10.1. The molecule has 1 atom stereocenters. The Morgan fingerprint density at radius 2 is 2.05 bits per heavy atom. The van der Waals surface area contributed by atoms with Gasteiger partial charge in [0.05, 0.1) is 11.5 Å². The molecule has 6 heteroatoms. The van der Waals surface area contributed by atoms with Crippen molar-refractivity contribution < 1.29 is 14.7 Å². The molecule has 4 nitrogen and oxygen atoms in total. The topological polar surface area (TPSA) is 57.6 Å². The van der Waals surface area contributed by atoms with Crippen molar-refractivity contribution in [3.8, 4) is 0 Å². The van der Waals surface area contributed by atoms with E-state index in [2.05, 4.69) is 31.9 Å². The summed E-state index contributed by atoms with van der Waals surface area (Å²) in [7, 11) is 0. The number of piperidine rings is 1. The Morgan fingerprint density at radius 3 is 2.74 bits per heavy atom. The SMILES string of the molecule is O=C(O)[C@@H]1CCCN(C(=O)c2cc(Br)ccc2Br)C1. The van der Waals surface area contributed by atoms with Crippen molar-refractivity contribution in [2.24, 2.45) is 5.92 Å². The molecule has 0 saturated carbocycles. The molecule has 1 aromatic carbocycles. The highest BCUT2D eigenvalue weighted by Crippen LogP contribution is 2.25. The number of likely N-dealkylation sites (tertiary alicyclic amines) is 1. The maximum atomic E-state index is 12.4. The van der Waals surface area contributed by atoms with E-state index in [9.17, 15) is 9.59 Å². The van der Waals surface area contributed by atoms with Gasteiger partial charge in [-0.3, -0.25) is 9.59 Å². The van der Waals surface area contributed by atoms with Crippen LogP contribution in [0.5, 0.6) is 0 Å². The van der Waals surface area contributed by atoms with E-state index in [0.717, 1.165) is 15.4 Å². The van der Waals surface area contributed by atoms with E-state index in [4.69, 9.17) is 5.11 Å². The van der Waals surface area contributed by atoms with Crippen LogP contribution in [0.1, 0.15) is 23.2 Å². The van der Waals surface area contributed by atoms with Crippen molar-refractivity contribution in [1.82, 2.24) is 4.90 Å². The minimum absolute atomic E-state index is 0.126. The molecule has 1 heterocycles. The number of nitrogens with zero attached hydrogens (tertiary/aromatic N) is 1. The van der Waals surface area contributed by atoms with E-state index in [1.54, 1.807) is 17.0 Å². The van der Waals surface area contributed by atoms with Gasteiger partial charge in [0.15, 0.2) is 0 Å². The number of halogens is 2. The van der Waals surface area contributed by atoms with Crippen molar-refractivity contribution >= 4 is 43.7 Å². The molecular formula is C13H13Br2NO3. The van der Waals surface area contributed by atoms with Crippen molar-refractivity contribution in [3.63, 3.8) is 0 Å². The van der Waals surface area contributed by atoms with Gasteiger partial charge in [0.25, 0.3) is 5.91 Å². The van der Waals surface area contributed by atoms with Crippen LogP contribution in [-0.2, 0) is 4.79 Å². The smallest absolute Gasteiger partial charge is 0.308 e. The van der Waals surface area contributed by atoms with Crippen LogP contribution in [0.25, 0.3) is 0 Å². The first kappa shape index (κ1) is 14.5. The zero-order valence-corrected chi connectivity index (χ0v) is 13.3. The summed E-state index contributed by atoms with van der Waals surface area (Å²) in [5.74, 6) is -1.41. The number of hydrogen-bond donors (Lipinski definition) is 1. The van der Waals surface area contributed by atoms with Gasteiger partial charge in [-0.25, -0.2) is 0 Å². The first-order valence-electron chi connectivity index (χ1n) is 5.96. The predicted molar refractivity (Wildman–Crippen MR) is 78.1 cm³/mol. The lowest BCUT2D eigenvalue weighted by Crippen LogP contribution is -2.42. The Kier molecular flexibility index (Phi) is 4.62. The zero-order chi connectivity index (χ0) is 14.0. The second kappa shape index (κ2) is 6.05. The monoisotopic (exact) mass is 389 g/mol. The van der Waals surface area contributed by atoms with Gasteiger partial charge < -0.3 is 10.0 Å². The third-order valence-electron chi connectivity index (χ3n) is 3.22. The fraction of sp³-hybridized carbons (Fsp3) is 0.385. The van der Waals surface area contributed by atoms with E-state index in [1.165, 1.54) is 0 Å². The Hall–Kier alpha value is -0.880. The molecular weight excluding hydrogens is 378 g/mol. The summed E-state index contributed by atoms with van der Waals surface area (Å²) in [5, 5.41) is 9.05. The van der Waals surface area contributed by atoms with Crippen LogP contribution >= 0.6 is 31.9 Å². The third kappa shape index (κ3) is 3.36. The summed E-state index contributed by atoms with van der Waals surface area (Å²) in [4.78, 5) is 25.1. The molecule has 0 radical (unpaired) electrons. The minimum Gasteiger partial charge on any atom is -0.481 e. The summed E-state index contributed by atoms with van der Waals surface area (Å²) in [6.45, 7) is 0.898. The number of carbonyl (C=O) groups is 2. The maximum absolute atomic E-state index is 12.4. The van der Waals surface area contributed by atoms with Crippen LogP contribution in [0.2, 0.25) is 0 Å². The van der Waals surface area contributed by atoms with E-state index < -0.39 is 11.9 Å². The van der Waals surface area contributed by atoms with Gasteiger partial charge in [0.2, 0.25) is 0 Å². The molecule has 1 amide bonds. The number of rotatable bonds is 2. The van der Waals surface area contributed by atoms with Crippen molar-refractivity contribution in [2.75, 3.05) is 13.1 Å². The number of amides is 1. The molecule has 0 aliphatic carbocycles. The molecule has 1 aromatic rings. The largest absolute Gasteiger partial charge is 0.481 e. The summed E-state index contributed by atoms with van der Waals surface area (Å²) in [6, 6.07) is 5.39. The van der Waals surface area contributed by atoms with Gasteiger partial charge >= 0.3 is 5.97 Å². The fourth-order valence-electron chi connectivity index (χ4n) is 2.19. The average molecular weight is 391 g/mol. The van der Waals surface area contributed by atoms with Crippen LogP contribution in [0.15, 0.2) is 27.1 Å². The first-order chi connectivity index (χ1) is 8.99. The van der Waals surface area contributed by atoms with Gasteiger partial charge in [-0.2, -0.15) is 0 Å². The summed E-state index contributed by atoms with van der Waals surface area (Å²) >= 11 is 6.70. The molecule has 1 saturated heterocycles. The number of hydrogen-bond acceptors (Lipinski definition) is 2. The Morgan fingerprint density at radius 1 is 1.32 bits per heavy atom. The number of carboxylic acids is 1. The normalized spacial score (nSPS) is 19.3. The third-order valence-corrected chi connectivity index (χ3v) is 4.40. The molecule has 0 bridgehead atoms. The lowest BCUT2D eigenvalue weighted by Gasteiger charge is -2.31. The molecule has 0 spiro atoms. The van der Waals surface area contributed by atoms with Crippen LogP contribution in [0.4, 0.5) is 0 Å². The molecule has 1 N–H and O–H groups in total. The van der Waals surface area contributed by atoms with E-state index in [0.29, 0.717) is 18.5 Å². The second-order valence-electron chi connectivity index (χ2n) is 4.55. The van der Waals surface area contributed by atoms with Crippen LogP contribution < -0.4 is 0 Å². The van der Waals surface area contributed by atoms with Gasteiger partial charge in [0, 0.05) is 22.0 Å². The van der Waals surface area contributed by atoms with E-state index in [1.807, 2.05) is 6.07 Å². The average Bonchev–Trinajstić information content (AvgIpc) is 2.41. The Labute approximate surface area is 128 Å². The van der Waals surface area contributed by atoms with Gasteiger partial charge in [-0.1, -0.05) is 15.9 Å². The molecule has 0 aromatic heterocycles. The predicted octanol–water partition coefficient (Wildman–Crippen LogP) is 3.15. The lowest BCUT2D eigenvalue weighted by molar-refractivity contribution is -0.143. The quantitative estimate of drug-likeness (QED) is 0.843. The van der Waals surface area contributed by atoms with Crippen LogP contribution in [-0.4, -0.2) is 35.0 Å². The minimum atomic E-state index is -0.828. The molecule has 2 rings (SSSR count).